The maximum atomic E-state index is 12.8. The monoisotopic (exact) mass is 421 g/mol. The molecule has 3 aromatic rings. The summed E-state index contributed by atoms with van der Waals surface area (Å²) in [4.78, 5) is 34.3. The first-order valence-electron chi connectivity index (χ1n) is 10.7. The van der Waals surface area contributed by atoms with Gasteiger partial charge in [-0.25, -0.2) is 4.98 Å². The van der Waals surface area contributed by atoms with Crippen molar-refractivity contribution in [3.8, 4) is 0 Å². The number of aryl methyl sites for hydroxylation is 1. The molecule has 7 nitrogen and oxygen atoms in total. The summed E-state index contributed by atoms with van der Waals surface area (Å²) in [5.41, 5.74) is 2.54. The second kappa shape index (κ2) is 8.88. The van der Waals surface area contributed by atoms with Crippen molar-refractivity contribution in [1.29, 1.82) is 0 Å². The van der Waals surface area contributed by atoms with Gasteiger partial charge in [0, 0.05) is 30.0 Å². The lowest BCUT2D eigenvalue weighted by atomic mass is 10.1. The summed E-state index contributed by atoms with van der Waals surface area (Å²) in [6, 6.07) is 7.46. The van der Waals surface area contributed by atoms with Gasteiger partial charge in [-0.05, 0) is 50.8 Å². The number of anilines is 1. The quantitative estimate of drug-likeness (QED) is 0.618. The minimum Gasteiger partial charge on any atom is -0.352 e. The highest BCUT2D eigenvalue weighted by Crippen LogP contribution is 2.27. The van der Waals surface area contributed by atoms with E-state index in [4.69, 9.17) is 0 Å². The first kappa shape index (κ1) is 22.5. The van der Waals surface area contributed by atoms with Crippen molar-refractivity contribution in [2.45, 2.75) is 53.5 Å². The maximum Gasteiger partial charge on any atom is 0.258 e. The van der Waals surface area contributed by atoms with E-state index in [1.165, 1.54) is 5.56 Å². The number of amides is 2. The Morgan fingerprint density at radius 2 is 1.77 bits per heavy atom. The van der Waals surface area contributed by atoms with Gasteiger partial charge < -0.3 is 9.88 Å². The Labute approximate surface area is 183 Å². The van der Waals surface area contributed by atoms with Crippen molar-refractivity contribution >= 4 is 28.8 Å². The SMILES string of the molecule is CCc1ccc(C(=O)Nc2ncc3c(C(=O)NCC(C)C)cn(C(C)(C)C)c3n2)cc1. The lowest BCUT2D eigenvalue weighted by Crippen LogP contribution is -2.27. The number of nitrogens with zero attached hydrogens (tertiary/aromatic N) is 3. The van der Waals surface area contributed by atoms with Crippen molar-refractivity contribution in [3.63, 3.8) is 0 Å². The molecular formula is C24H31N5O2. The molecule has 164 valence electrons. The van der Waals surface area contributed by atoms with Crippen molar-refractivity contribution in [3.05, 3.63) is 53.3 Å². The van der Waals surface area contributed by atoms with E-state index < -0.39 is 0 Å². The Bertz CT molecular complexity index is 1090. The molecule has 2 amide bonds. The van der Waals surface area contributed by atoms with Gasteiger partial charge in [-0.15, -0.1) is 0 Å². The molecule has 0 aliphatic carbocycles. The molecule has 0 saturated carbocycles. The van der Waals surface area contributed by atoms with Crippen LogP contribution in [0.2, 0.25) is 0 Å². The van der Waals surface area contributed by atoms with Crippen LogP contribution in [0.5, 0.6) is 0 Å². The molecule has 2 aromatic heterocycles. The van der Waals surface area contributed by atoms with E-state index in [0.29, 0.717) is 34.6 Å². The van der Waals surface area contributed by atoms with Crippen LogP contribution in [0.1, 0.15) is 67.8 Å². The smallest absolute Gasteiger partial charge is 0.258 e. The zero-order chi connectivity index (χ0) is 22.8. The van der Waals surface area contributed by atoms with Gasteiger partial charge in [0.1, 0.15) is 5.65 Å². The third-order valence-electron chi connectivity index (χ3n) is 5.03. The fourth-order valence-corrected chi connectivity index (χ4v) is 3.22. The molecule has 0 aliphatic heterocycles. The van der Waals surface area contributed by atoms with Crippen LogP contribution in [0.3, 0.4) is 0 Å². The van der Waals surface area contributed by atoms with Crippen LogP contribution < -0.4 is 10.6 Å². The van der Waals surface area contributed by atoms with Crippen molar-refractivity contribution in [2.75, 3.05) is 11.9 Å². The van der Waals surface area contributed by atoms with E-state index in [-0.39, 0.29) is 23.3 Å². The van der Waals surface area contributed by atoms with Gasteiger partial charge in [0.05, 0.1) is 10.9 Å². The Morgan fingerprint density at radius 3 is 2.35 bits per heavy atom. The molecule has 0 atom stereocenters. The van der Waals surface area contributed by atoms with Crippen molar-refractivity contribution < 1.29 is 9.59 Å². The van der Waals surface area contributed by atoms with E-state index in [2.05, 4.69) is 27.5 Å². The third kappa shape index (κ3) is 5.10. The lowest BCUT2D eigenvalue weighted by Gasteiger charge is -2.22. The summed E-state index contributed by atoms with van der Waals surface area (Å²) in [6.45, 7) is 12.9. The van der Waals surface area contributed by atoms with Gasteiger partial charge in [-0.1, -0.05) is 32.9 Å². The summed E-state index contributed by atoms with van der Waals surface area (Å²) >= 11 is 0. The van der Waals surface area contributed by atoms with Gasteiger partial charge in [0.15, 0.2) is 0 Å². The molecule has 0 saturated heterocycles. The Hall–Kier alpha value is -3.22. The Kier molecular flexibility index (Phi) is 6.43. The van der Waals surface area contributed by atoms with E-state index in [0.717, 1.165) is 6.42 Å². The van der Waals surface area contributed by atoms with Gasteiger partial charge in [0.25, 0.3) is 11.8 Å². The average Bonchev–Trinajstić information content (AvgIpc) is 3.11. The highest BCUT2D eigenvalue weighted by molar-refractivity contribution is 6.07. The lowest BCUT2D eigenvalue weighted by molar-refractivity contribution is 0.0949. The fourth-order valence-electron chi connectivity index (χ4n) is 3.22. The summed E-state index contributed by atoms with van der Waals surface area (Å²) in [6.07, 6.45) is 4.33. The molecule has 3 rings (SSSR count). The zero-order valence-electron chi connectivity index (χ0n) is 19.1. The summed E-state index contributed by atoms with van der Waals surface area (Å²) in [7, 11) is 0. The molecule has 0 aliphatic rings. The van der Waals surface area contributed by atoms with Crippen molar-refractivity contribution in [2.24, 2.45) is 5.92 Å². The van der Waals surface area contributed by atoms with Crippen LogP contribution in [0.15, 0.2) is 36.7 Å². The number of carbonyl (C=O) groups excluding carboxylic acids is 2. The van der Waals surface area contributed by atoms with Gasteiger partial charge in [0.2, 0.25) is 5.95 Å². The topological polar surface area (TPSA) is 88.9 Å². The average molecular weight is 422 g/mol. The minimum absolute atomic E-state index is 0.155. The molecule has 31 heavy (non-hydrogen) atoms. The molecule has 1 aromatic carbocycles. The maximum absolute atomic E-state index is 12.8. The van der Waals surface area contributed by atoms with E-state index in [1.807, 2.05) is 57.5 Å². The second-order valence-electron chi connectivity index (χ2n) is 9.12. The highest BCUT2D eigenvalue weighted by atomic mass is 16.2. The predicted molar refractivity (Wildman–Crippen MR) is 123 cm³/mol. The molecule has 0 bridgehead atoms. The molecule has 0 fully saturated rings. The first-order valence-corrected chi connectivity index (χ1v) is 10.7. The third-order valence-corrected chi connectivity index (χ3v) is 5.03. The molecule has 0 radical (unpaired) electrons. The Morgan fingerprint density at radius 1 is 1.10 bits per heavy atom. The van der Waals surface area contributed by atoms with Crippen LogP contribution in [-0.4, -0.2) is 32.9 Å². The van der Waals surface area contributed by atoms with Crippen LogP contribution in [0.4, 0.5) is 5.95 Å². The number of benzene rings is 1. The van der Waals surface area contributed by atoms with Crippen LogP contribution in [0, 0.1) is 5.92 Å². The minimum atomic E-state index is -0.305. The number of carbonyl (C=O) groups is 2. The van der Waals surface area contributed by atoms with Gasteiger partial charge in [-0.3, -0.25) is 14.9 Å². The molecule has 0 spiro atoms. The highest BCUT2D eigenvalue weighted by Gasteiger charge is 2.23. The fraction of sp³-hybridized carbons (Fsp3) is 0.417. The normalized spacial score (nSPS) is 11.7. The molecule has 2 N–H and O–H groups in total. The summed E-state index contributed by atoms with van der Waals surface area (Å²) < 4.78 is 1.94. The summed E-state index contributed by atoms with van der Waals surface area (Å²) in [5, 5.41) is 6.38. The summed E-state index contributed by atoms with van der Waals surface area (Å²) in [5.74, 6) is 0.128. The number of nitrogens with one attached hydrogen (secondary N) is 2. The molecule has 7 heteroatoms. The molecule has 0 unspecified atom stereocenters. The van der Waals surface area contributed by atoms with Gasteiger partial charge >= 0.3 is 0 Å². The number of rotatable bonds is 6. The Balaban J connectivity index is 1.94. The zero-order valence-corrected chi connectivity index (χ0v) is 19.1. The van der Waals surface area contributed by atoms with Crippen molar-refractivity contribution in [1.82, 2.24) is 19.9 Å². The molecular weight excluding hydrogens is 390 g/mol. The van der Waals surface area contributed by atoms with E-state index in [1.54, 1.807) is 18.3 Å². The van der Waals surface area contributed by atoms with Crippen LogP contribution in [-0.2, 0) is 12.0 Å². The van der Waals surface area contributed by atoms with Crippen LogP contribution >= 0.6 is 0 Å². The van der Waals surface area contributed by atoms with E-state index >= 15 is 0 Å². The number of hydrogen-bond acceptors (Lipinski definition) is 4. The van der Waals surface area contributed by atoms with Crippen LogP contribution in [0.25, 0.3) is 11.0 Å². The van der Waals surface area contributed by atoms with Gasteiger partial charge in [-0.2, -0.15) is 4.98 Å². The largest absolute Gasteiger partial charge is 0.352 e. The van der Waals surface area contributed by atoms with E-state index in [9.17, 15) is 9.59 Å². The number of fused-ring (bicyclic) bond motifs is 1. The first-order chi connectivity index (χ1) is 14.6. The number of hydrogen-bond donors (Lipinski definition) is 2. The second-order valence-corrected chi connectivity index (χ2v) is 9.12. The predicted octanol–water partition coefficient (Wildman–Crippen LogP) is 4.39. The standard InChI is InChI=1S/C24H31N5O2/c1-7-16-8-10-17(11-9-16)21(30)28-23-26-13-18-19(22(31)25-12-15(2)3)14-29(20(18)27-23)24(4,5)6/h8-11,13-15H,7,12H2,1-6H3,(H,25,31)(H,26,27,28,30). The molecule has 2 heterocycles. The number of aromatic nitrogens is 3.